The van der Waals surface area contributed by atoms with Crippen LogP contribution in [0.4, 0.5) is 0 Å². The molecule has 98 valence electrons. The van der Waals surface area contributed by atoms with Crippen molar-refractivity contribution in [1.82, 2.24) is 4.90 Å². The summed E-state index contributed by atoms with van der Waals surface area (Å²) in [5, 5.41) is 0.839. The quantitative estimate of drug-likeness (QED) is 0.896. The number of likely N-dealkylation sites (tertiary alicyclic amines) is 1. The smallest absolute Gasteiger partial charge is 0.0517 e. The molecule has 1 aliphatic carbocycles. The third-order valence-corrected chi connectivity index (χ3v) is 4.85. The van der Waals surface area contributed by atoms with Gasteiger partial charge in [0.05, 0.1) is 6.04 Å². The Morgan fingerprint density at radius 2 is 2.06 bits per heavy atom. The minimum absolute atomic E-state index is 0.200. The Hall–Kier alpha value is -0.0900. The van der Waals surface area contributed by atoms with Gasteiger partial charge in [-0.05, 0) is 56.0 Å². The summed E-state index contributed by atoms with van der Waals surface area (Å²) in [7, 11) is 0. The molecule has 1 heterocycles. The zero-order valence-corrected chi connectivity index (χ0v) is 12.6. The largest absolute Gasteiger partial charge is 0.326 e. The Morgan fingerprint density at radius 3 is 2.78 bits per heavy atom. The Morgan fingerprint density at radius 1 is 1.28 bits per heavy atom. The molecule has 2 N–H and O–H groups in total. The summed E-state index contributed by atoms with van der Waals surface area (Å²) in [4.78, 5) is 2.57. The van der Waals surface area contributed by atoms with Crippen molar-refractivity contribution in [3.63, 3.8) is 0 Å². The molecule has 2 aliphatic rings. The van der Waals surface area contributed by atoms with Crippen molar-refractivity contribution in [2.24, 2.45) is 5.73 Å². The molecular formula is C14H18BrClN2. The number of benzene rings is 1. The molecule has 0 amide bonds. The van der Waals surface area contributed by atoms with E-state index in [1.54, 1.807) is 0 Å². The summed E-state index contributed by atoms with van der Waals surface area (Å²) >= 11 is 9.92. The van der Waals surface area contributed by atoms with Crippen LogP contribution in [0.15, 0.2) is 22.7 Å². The first-order chi connectivity index (χ1) is 8.66. The van der Waals surface area contributed by atoms with Gasteiger partial charge in [0.15, 0.2) is 0 Å². The number of nitrogens with zero attached hydrogens (tertiary/aromatic N) is 1. The zero-order chi connectivity index (χ0) is 12.7. The average molecular weight is 330 g/mol. The molecule has 0 radical (unpaired) electrons. The first kappa shape index (κ1) is 12.9. The lowest BCUT2D eigenvalue weighted by atomic mass is 9.90. The second kappa shape index (κ2) is 5.12. The van der Waals surface area contributed by atoms with Crippen molar-refractivity contribution < 1.29 is 0 Å². The number of rotatable bonds is 2. The Bertz CT molecular complexity index is 447. The van der Waals surface area contributed by atoms with Crippen LogP contribution in [0.3, 0.4) is 0 Å². The fraction of sp³-hybridized carbons (Fsp3) is 0.571. The highest BCUT2D eigenvalue weighted by atomic mass is 79.9. The monoisotopic (exact) mass is 328 g/mol. The van der Waals surface area contributed by atoms with Gasteiger partial charge in [-0.3, -0.25) is 4.90 Å². The lowest BCUT2D eigenvalue weighted by Gasteiger charge is -2.40. The van der Waals surface area contributed by atoms with Crippen molar-refractivity contribution in [3.8, 4) is 0 Å². The molecule has 1 aliphatic heterocycles. The second-order valence-electron chi connectivity index (χ2n) is 5.39. The predicted octanol–water partition coefficient (Wildman–Crippen LogP) is 3.73. The van der Waals surface area contributed by atoms with Gasteiger partial charge in [-0.25, -0.2) is 0 Å². The molecule has 2 unspecified atom stereocenters. The minimum Gasteiger partial charge on any atom is -0.326 e. The van der Waals surface area contributed by atoms with Crippen LogP contribution >= 0.6 is 27.5 Å². The lowest BCUT2D eigenvalue weighted by molar-refractivity contribution is 0.120. The van der Waals surface area contributed by atoms with Gasteiger partial charge in [0.25, 0.3) is 0 Å². The first-order valence-electron chi connectivity index (χ1n) is 6.63. The molecule has 1 aromatic carbocycles. The van der Waals surface area contributed by atoms with Gasteiger partial charge >= 0.3 is 0 Å². The van der Waals surface area contributed by atoms with Crippen molar-refractivity contribution in [1.29, 1.82) is 0 Å². The number of hydrogen-bond donors (Lipinski definition) is 1. The standard InChI is InChI=1S/C14H18BrClN2/c15-9-3-6-12(16)11(8-9)14-13(17)2-1-7-18(14)10-4-5-10/h3,6,8,10,13-14H,1-2,4-5,7,17H2. The molecule has 2 atom stereocenters. The molecule has 2 fully saturated rings. The summed E-state index contributed by atoms with van der Waals surface area (Å²) in [6.07, 6.45) is 4.93. The van der Waals surface area contributed by atoms with Crippen LogP contribution in [0.25, 0.3) is 0 Å². The van der Waals surface area contributed by atoms with Gasteiger partial charge < -0.3 is 5.73 Å². The molecule has 2 nitrogen and oxygen atoms in total. The van der Waals surface area contributed by atoms with E-state index in [9.17, 15) is 0 Å². The van der Waals surface area contributed by atoms with Crippen LogP contribution < -0.4 is 5.73 Å². The van der Waals surface area contributed by atoms with Crippen molar-refractivity contribution in [3.05, 3.63) is 33.3 Å². The van der Waals surface area contributed by atoms with E-state index >= 15 is 0 Å². The molecule has 0 aromatic heterocycles. The fourth-order valence-electron chi connectivity index (χ4n) is 3.02. The van der Waals surface area contributed by atoms with Gasteiger partial charge in [0.2, 0.25) is 0 Å². The Kier molecular flexibility index (Phi) is 3.68. The molecular weight excluding hydrogens is 312 g/mol. The summed E-state index contributed by atoms with van der Waals surface area (Å²) in [6.45, 7) is 1.16. The maximum Gasteiger partial charge on any atom is 0.0517 e. The molecule has 1 saturated carbocycles. The molecule has 1 aromatic rings. The number of piperidine rings is 1. The van der Waals surface area contributed by atoms with Gasteiger partial charge in [-0.1, -0.05) is 27.5 Å². The normalized spacial score (nSPS) is 29.5. The minimum atomic E-state index is 0.200. The number of halogens is 2. The predicted molar refractivity (Wildman–Crippen MR) is 78.8 cm³/mol. The molecule has 0 bridgehead atoms. The van der Waals surface area contributed by atoms with E-state index in [0.717, 1.165) is 28.5 Å². The van der Waals surface area contributed by atoms with Gasteiger partial charge in [0, 0.05) is 21.6 Å². The highest BCUT2D eigenvalue weighted by Gasteiger charge is 2.39. The molecule has 4 heteroatoms. The van der Waals surface area contributed by atoms with Crippen LogP contribution in [0.5, 0.6) is 0 Å². The van der Waals surface area contributed by atoms with E-state index in [0.29, 0.717) is 0 Å². The molecule has 0 spiro atoms. The zero-order valence-electron chi connectivity index (χ0n) is 10.3. The number of nitrogens with two attached hydrogens (primary N) is 1. The van der Waals surface area contributed by atoms with Crippen LogP contribution in [-0.2, 0) is 0 Å². The second-order valence-corrected chi connectivity index (χ2v) is 6.71. The lowest BCUT2D eigenvalue weighted by Crippen LogP contribution is -2.46. The van der Waals surface area contributed by atoms with Crippen molar-refractivity contribution >= 4 is 27.5 Å². The summed E-state index contributed by atoms with van der Waals surface area (Å²) in [5.41, 5.74) is 7.56. The van der Waals surface area contributed by atoms with Crippen LogP contribution in [0.2, 0.25) is 5.02 Å². The summed E-state index contributed by atoms with van der Waals surface area (Å²) in [5.74, 6) is 0. The third kappa shape index (κ3) is 2.46. The van der Waals surface area contributed by atoms with Crippen molar-refractivity contribution in [2.45, 2.75) is 43.8 Å². The van der Waals surface area contributed by atoms with Gasteiger partial charge in [-0.2, -0.15) is 0 Å². The first-order valence-corrected chi connectivity index (χ1v) is 7.80. The SMILES string of the molecule is NC1CCCN(C2CC2)C1c1cc(Br)ccc1Cl. The number of hydrogen-bond acceptors (Lipinski definition) is 2. The van der Waals surface area contributed by atoms with Crippen LogP contribution in [-0.4, -0.2) is 23.5 Å². The van der Waals surface area contributed by atoms with Crippen LogP contribution in [0, 0.1) is 0 Å². The highest BCUT2D eigenvalue weighted by molar-refractivity contribution is 9.10. The highest BCUT2D eigenvalue weighted by Crippen LogP contribution is 2.41. The van der Waals surface area contributed by atoms with Gasteiger partial charge in [-0.15, -0.1) is 0 Å². The average Bonchev–Trinajstić information content (AvgIpc) is 3.16. The van der Waals surface area contributed by atoms with Crippen LogP contribution in [0.1, 0.15) is 37.3 Å². The third-order valence-electron chi connectivity index (χ3n) is 4.01. The Labute approximate surface area is 122 Å². The summed E-state index contributed by atoms with van der Waals surface area (Å²) in [6, 6.07) is 7.31. The van der Waals surface area contributed by atoms with Gasteiger partial charge in [0.1, 0.15) is 0 Å². The van der Waals surface area contributed by atoms with E-state index in [4.69, 9.17) is 17.3 Å². The topological polar surface area (TPSA) is 29.3 Å². The molecule has 1 saturated heterocycles. The van der Waals surface area contributed by atoms with Crippen molar-refractivity contribution in [2.75, 3.05) is 6.54 Å². The van der Waals surface area contributed by atoms with E-state index in [1.807, 2.05) is 12.1 Å². The molecule has 18 heavy (non-hydrogen) atoms. The summed E-state index contributed by atoms with van der Waals surface area (Å²) < 4.78 is 1.08. The van der Waals surface area contributed by atoms with E-state index in [1.165, 1.54) is 24.8 Å². The van der Waals surface area contributed by atoms with E-state index in [2.05, 4.69) is 26.9 Å². The van der Waals surface area contributed by atoms with E-state index < -0.39 is 0 Å². The molecule has 3 rings (SSSR count). The fourth-order valence-corrected chi connectivity index (χ4v) is 3.63. The van der Waals surface area contributed by atoms with E-state index in [-0.39, 0.29) is 12.1 Å². The Balaban J connectivity index is 1.97. The maximum absolute atomic E-state index is 6.38. The maximum atomic E-state index is 6.38.